The summed E-state index contributed by atoms with van der Waals surface area (Å²) in [7, 11) is 0. The van der Waals surface area contributed by atoms with E-state index in [0.29, 0.717) is 21.5 Å². The van der Waals surface area contributed by atoms with Gasteiger partial charge in [0.15, 0.2) is 11.6 Å². The highest BCUT2D eigenvalue weighted by Crippen LogP contribution is 2.23. The fourth-order valence-corrected chi connectivity index (χ4v) is 2.39. The number of carbonyl (C=O) groups excluding carboxylic acids is 1. The van der Waals surface area contributed by atoms with Crippen molar-refractivity contribution in [2.24, 2.45) is 0 Å². The second kappa shape index (κ2) is 5.88. The smallest absolute Gasteiger partial charge is 0.256 e. The van der Waals surface area contributed by atoms with Crippen molar-refractivity contribution in [3.8, 4) is 0 Å². The van der Waals surface area contributed by atoms with Gasteiger partial charge in [-0.2, -0.15) is 0 Å². The molecule has 0 unspecified atom stereocenters. The molecule has 2 aromatic rings. The summed E-state index contributed by atoms with van der Waals surface area (Å²) in [6, 6.07) is 5.72. The standard InChI is InChI=1S/C13H7BrF3NOS/c14-6-1-2-8(11(20)3-6)13(19)18-10-5-7(15)4-9(16)12(10)17/h1-5,20H,(H,18,19). The van der Waals surface area contributed by atoms with Crippen molar-refractivity contribution in [1.29, 1.82) is 0 Å². The molecule has 0 aromatic heterocycles. The number of thiol groups is 1. The van der Waals surface area contributed by atoms with E-state index in [9.17, 15) is 18.0 Å². The Hall–Kier alpha value is -1.47. The van der Waals surface area contributed by atoms with Crippen LogP contribution in [0.3, 0.4) is 0 Å². The highest BCUT2D eigenvalue weighted by Gasteiger charge is 2.16. The van der Waals surface area contributed by atoms with Crippen LogP contribution in [-0.4, -0.2) is 5.91 Å². The van der Waals surface area contributed by atoms with Gasteiger partial charge in [-0.1, -0.05) is 15.9 Å². The van der Waals surface area contributed by atoms with Gasteiger partial charge in [0.25, 0.3) is 5.91 Å². The van der Waals surface area contributed by atoms with Crippen molar-refractivity contribution in [3.05, 3.63) is 57.8 Å². The molecule has 104 valence electrons. The van der Waals surface area contributed by atoms with E-state index in [1.54, 1.807) is 12.1 Å². The van der Waals surface area contributed by atoms with Crippen LogP contribution in [0, 0.1) is 17.5 Å². The normalized spacial score (nSPS) is 10.4. The zero-order valence-corrected chi connectivity index (χ0v) is 12.2. The number of nitrogens with one attached hydrogen (secondary N) is 1. The fourth-order valence-electron chi connectivity index (χ4n) is 1.53. The largest absolute Gasteiger partial charge is 0.319 e. The lowest BCUT2D eigenvalue weighted by atomic mass is 10.2. The number of rotatable bonds is 2. The first-order chi connectivity index (χ1) is 9.38. The number of benzene rings is 2. The molecule has 0 saturated carbocycles. The number of carbonyl (C=O) groups is 1. The number of hydrogen-bond acceptors (Lipinski definition) is 2. The molecule has 7 heteroatoms. The van der Waals surface area contributed by atoms with Crippen molar-refractivity contribution in [2.45, 2.75) is 4.90 Å². The molecular formula is C13H7BrF3NOS. The van der Waals surface area contributed by atoms with E-state index in [2.05, 4.69) is 33.9 Å². The van der Waals surface area contributed by atoms with Crippen molar-refractivity contribution in [3.63, 3.8) is 0 Å². The Labute approximate surface area is 126 Å². The van der Waals surface area contributed by atoms with E-state index >= 15 is 0 Å². The van der Waals surface area contributed by atoms with Gasteiger partial charge in [0, 0.05) is 21.5 Å². The Morgan fingerprint density at radius 1 is 1.15 bits per heavy atom. The Balaban J connectivity index is 2.32. The summed E-state index contributed by atoms with van der Waals surface area (Å²) in [5.41, 5.74) is -0.413. The van der Waals surface area contributed by atoms with Crippen molar-refractivity contribution < 1.29 is 18.0 Å². The first-order valence-corrected chi connectivity index (χ1v) is 6.57. The second-order valence-corrected chi connectivity index (χ2v) is 5.26. The minimum Gasteiger partial charge on any atom is -0.319 e. The third kappa shape index (κ3) is 3.16. The summed E-state index contributed by atoms with van der Waals surface area (Å²) in [5.74, 6) is -4.40. The summed E-state index contributed by atoms with van der Waals surface area (Å²) >= 11 is 7.31. The molecule has 0 spiro atoms. The molecule has 20 heavy (non-hydrogen) atoms. The van der Waals surface area contributed by atoms with Crippen molar-refractivity contribution >= 4 is 40.2 Å². The first kappa shape index (κ1) is 14.9. The molecule has 0 aliphatic heterocycles. The highest BCUT2D eigenvalue weighted by atomic mass is 79.9. The molecule has 0 fully saturated rings. The quantitative estimate of drug-likeness (QED) is 0.602. The Kier molecular flexibility index (Phi) is 4.39. The Morgan fingerprint density at radius 3 is 2.50 bits per heavy atom. The van der Waals surface area contributed by atoms with E-state index in [0.717, 1.165) is 0 Å². The van der Waals surface area contributed by atoms with Gasteiger partial charge in [0.1, 0.15) is 5.82 Å². The third-order valence-electron chi connectivity index (χ3n) is 2.45. The number of hydrogen-bond donors (Lipinski definition) is 2. The molecule has 2 nitrogen and oxygen atoms in total. The zero-order valence-electron chi connectivity index (χ0n) is 9.75. The molecule has 2 aromatic carbocycles. The summed E-state index contributed by atoms with van der Waals surface area (Å²) in [5, 5.41) is 2.11. The maximum atomic E-state index is 13.4. The molecular weight excluding hydrogens is 355 g/mol. The average Bonchev–Trinajstić information content (AvgIpc) is 2.35. The van der Waals surface area contributed by atoms with Crippen LogP contribution in [0.1, 0.15) is 10.4 Å². The molecule has 0 atom stereocenters. The van der Waals surface area contributed by atoms with Gasteiger partial charge in [-0.25, -0.2) is 13.2 Å². The molecule has 0 aliphatic carbocycles. The molecule has 0 saturated heterocycles. The van der Waals surface area contributed by atoms with E-state index in [1.807, 2.05) is 0 Å². The maximum Gasteiger partial charge on any atom is 0.256 e. The Morgan fingerprint density at radius 2 is 1.85 bits per heavy atom. The van der Waals surface area contributed by atoms with Gasteiger partial charge < -0.3 is 5.32 Å². The summed E-state index contributed by atoms with van der Waals surface area (Å²) in [6.45, 7) is 0. The molecule has 0 bridgehead atoms. The van der Waals surface area contributed by atoms with Crippen LogP contribution < -0.4 is 5.32 Å². The lowest BCUT2D eigenvalue weighted by Crippen LogP contribution is -2.14. The second-order valence-electron chi connectivity index (χ2n) is 3.86. The van der Waals surface area contributed by atoms with Gasteiger partial charge in [-0.05, 0) is 18.2 Å². The van der Waals surface area contributed by atoms with E-state index < -0.39 is 29.0 Å². The zero-order chi connectivity index (χ0) is 14.9. The SMILES string of the molecule is O=C(Nc1cc(F)cc(F)c1F)c1ccc(Br)cc1S. The minimum absolute atomic E-state index is 0.153. The van der Waals surface area contributed by atoms with Gasteiger partial charge in [0.2, 0.25) is 0 Å². The number of halogens is 4. The van der Waals surface area contributed by atoms with E-state index in [4.69, 9.17) is 0 Å². The van der Waals surface area contributed by atoms with Gasteiger partial charge >= 0.3 is 0 Å². The fraction of sp³-hybridized carbons (Fsp3) is 0. The van der Waals surface area contributed by atoms with Crippen LogP contribution in [0.2, 0.25) is 0 Å². The van der Waals surface area contributed by atoms with Crippen LogP contribution in [0.5, 0.6) is 0 Å². The van der Waals surface area contributed by atoms with Crippen molar-refractivity contribution in [2.75, 3.05) is 5.32 Å². The monoisotopic (exact) mass is 361 g/mol. The predicted octanol–water partition coefficient (Wildman–Crippen LogP) is 4.41. The highest BCUT2D eigenvalue weighted by molar-refractivity contribution is 9.10. The average molecular weight is 362 g/mol. The molecule has 0 radical (unpaired) electrons. The van der Waals surface area contributed by atoms with E-state index in [1.165, 1.54) is 6.07 Å². The van der Waals surface area contributed by atoms with Crippen LogP contribution in [0.25, 0.3) is 0 Å². The molecule has 0 heterocycles. The van der Waals surface area contributed by atoms with Crippen molar-refractivity contribution in [1.82, 2.24) is 0 Å². The molecule has 1 N–H and O–H groups in total. The Bertz CT molecular complexity index is 694. The minimum atomic E-state index is -1.37. The molecule has 1 amide bonds. The topological polar surface area (TPSA) is 29.1 Å². The van der Waals surface area contributed by atoms with Gasteiger partial charge in [0.05, 0.1) is 11.3 Å². The third-order valence-corrected chi connectivity index (χ3v) is 3.31. The number of anilines is 1. The van der Waals surface area contributed by atoms with Gasteiger partial charge in [-0.3, -0.25) is 4.79 Å². The summed E-state index contributed by atoms with van der Waals surface area (Å²) in [6.07, 6.45) is 0. The summed E-state index contributed by atoms with van der Waals surface area (Å²) in [4.78, 5) is 12.3. The maximum absolute atomic E-state index is 13.4. The lowest BCUT2D eigenvalue weighted by molar-refractivity contribution is 0.102. The predicted molar refractivity (Wildman–Crippen MR) is 75.7 cm³/mol. The van der Waals surface area contributed by atoms with Gasteiger partial charge in [-0.15, -0.1) is 12.6 Å². The lowest BCUT2D eigenvalue weighted by Gasteiger charge is -2.09. The van der Waals surface area contributed by atoms with Crippen LogP contribution in [-0.2, 0) is 0 Å². The van der Waals surface area contributed by atoms with Crippen LogP contribution >= 0.6 is 28.6 Å². The van der Waals surface area contributed by atoms with Crippen LogP contribution in [0.15, 0.2) is 39.7 Å². The first-order valence-electron chi connectivity index (χ1n) is 5.33. The van der Waals surface area contributed by atoms with Crippen LogP contribution in [0.4, 0.5) is 18.9 Å². The molecule has 0 aliphatic rings. The molecule has 2 rings (SSSR count). The van der Waals surface area contributed by atoms with E-state index in [-0.39, 0.29) is 5.56 Å². The summed E-state index contributed by atoms with van der Waals surface area (Å²) < 4.78 is 40.2. The number of amides is 1.